The third-order valence-corrected chi connectivity index (χ3v) is 3.80. The molecule has 3 aromatic rings. The summed E-state index contributed by atoms with van der Waals surface area (Å²) in [5.74, 6) is 0.872. The lowest BCUT2D eigenvalue weighted by molar-refractivity contribution is 0.415. The lowest BCUT2D eigenvalue weighted by Gasteiger charge is -2.00. The molecule has 90 valence electrons. The minimum Gasteiger partial charge on any atom is -0.497 e. The molecule has 0 bridgehead atoms. The number of pyridine rings is 1. The fourth-order valence-electron chi connectivity index (χ4n) is 1.88. The number of hydrogen-bond donors (Lipinski definition) is 0. The molecule has 0 aliphatic rings. The summed E-state index contributed by atoms with van der Waals surface area (Å²) in [4.78, 5) is 8.99. The zero-order chi connectivity index (χ0) is 12.5. The van der Waals surface area contributed by atoms with Crippen LogP contribution in [0.5, 0.6) is 5.75 Å². The zero-order valence-electron chi connectivity index (χ0n) is 10.2. The number of thiazole rings is 1. The Balaban J connectivity index is 2.20. The monoisotopic (exact) mass is 256 g/mol. The number of rotatable bonds is 2. The Hall–Kier alpha value is -1.94. The van der Waals surface area contributed by atoms with Crippen LogP contribution in [0.4, 0.5) is 0 Å². The molecule has 0 aliphatic heterocycles. The first-order valence-electron chi connectivity index (χ1n) is 5.64. The third kappa shape index (κ3) is 1.84. The van der Waals surface area contributed by atoms with Gasteiger partial charge in [-0.1, -0.05) is 6.07 Å². The number of fused-ring (bicyclic) bond motifs is 1. The normalized spacial score (nSPS) is 10.8. The summed E-state index contributed by atoms with van der Waals surface area (Å²) < 4.78 is 6.41. The second-order valence-corrected chi connectivity index (χ2v) is 5.06. The van der Waals surface area contributed by atoms with Gasteiger partial charge >= 0.3 is 0 Å². The molecule has 3 nitrogen and oxygen atoms in total. The molecule has 0 aliphatic carbocycles. The van der Waals surface area contributed by atoms with E-state index >= 15 is 0 Å². The Morgan fingerprint density at radius 1 is 1.22 bits per heavy atom. The van der Waals surface area contributed by atoms with Crippen molar-refractivity contribution in [1.82, 2.24) is 9.97 Å². The first-order chi connectivity index (χ1) is 8.78. The summed E-state index contributed by atoms with van der Waals surface area (Å²) in [6.45, 7) is 2.05. The van der Waals surface area contributed by atoms with E-state index in [1.165, 1.54) is 0 Å². The minimum absolute atomic E-state index is 0.872. The van der Waals surface area contributed by atoms with Gasteiger partial charge in [-0.3, -0.25) is 4.98 Å². The molecule has 0 N–H and O–H groups in total. The smallest absolute Gasteiger partial charge is 0.143 e. The van der Waals surface area contributed by atoms with E-state index in [-0.39, 0.29) is 0 Å². The zero-order valence-corrected chi connectivity index (χ0v) is 11.0. The van der Waals surface area contributed by atoms with Crippen molar-refractivity contribution in [3.05, 3.63) is 42.1 Å². The summed E-state index contributed by atoms with van der Waals surface area (Å²) in [7, 11) is 1.68. The number of hydrogen-bond acceptors (Lipinski definition) is 4. The van der Waals surface area contributed by atoms with Gasteiger partial charge in [0.05, 0.1) is 23.0 Å². The Kier molecular flexibility index (Phi) is 2.72. The Labute approximate surface area is 109 Å². The van der Waals surface area contributed by atoms with Gasteiger partial charge in [-0.15, -0.1) is 11.3 Å². The van der Waals surface area contributed by atoms with Crippen molar-refractivity contribution in [3.8, 4) is 16.5 Å². The van der Waals surface area contributed by atoms with Crippen LogP contribution in [0.1, 0.15) is 5.56 Å². The van der Waals surface area contributed by atoms with Crippen molar-refractivity contribution in [1.29, 1.82) is 0 Å². The van der Waals surface area contributed by atoms with Gasteiger partial charge in [-0.2, -0.15) is 0 Å². The van der Waals surface area contributed by atoms with Crippen LogP contribution in [0.15, 0.2) is 36.5 Å². The predicted octanol–water partition coefficient (Wildman–Crippen LogP) is 3.68. The Morgan fingerprint density at radius 3 is 2.83 bits per heavy atom. The van der Waals surface area contributed by atoms with Crippen molar-refractivity contribution in [3.63, 3.8) is 0 Å². The summed E-state index contributed by atoms with van der Waals surface area (Å²) >= 11 is 1.64. The Bertz CT molecular complexity index is 692. The second kappa shape index (κ2) is 4.38. The number of aromatic nitrogens is 2. The van der Waals surface area contributed by atoms with Crippen LogP contribution in [0.3, 0.4) is 0 Å². The minimum atomic E-state index is 0.872. The number of ether oxygens (including phenoxy) is 1. The van der Waals surface area contributed by atoms with Crippen LogP contribution in [-0.4, -0.2) is 17.1 Å². The maximum Gasteiger partial charge on any atom is 0.143 e. The van der Waals surface area contributed by atoms with Crippen LogP contribution < -0.4 is 4.74 Å². The van der Waals surface area contributed by atoms with Crippen LogP contribution in [0.25, 0.3) is 20.9 Å². The van der Waals surface area contributed by atoms with E-state index in [0.29, 0.717) is 0 Å². The summed E-state index contributed by atoms with van der Waals surface area (Å²) in [6.07, 6.45) is 1.79. The fraction of sp³-hybridized carbons (Fsp3) is 0.143. The maximum absolute atomic E-state index is 5.28. The SMILES string of the molecule is COc1cc(C)c2nc(-c3ccccn3)sc2c1. The standard InChI is InChI=1S/C14H12N2OS/c1-9-7-10(17-2)8-12-13(9)16-14(18-12)11-5-3-4-6-15-11/h3-8H,1-2H3. The fourth-order valence-corrected chi connectivity index (χ4v) is 2.93. The molecule has 0 radical (unpaired) electrons. The summed E-state index contributed by atoms with van der Waals surface area (Å²) in [5, 5.41) is 0.946. The van der Waals surface area contributed by atoms with Crippen molar-refractivity contribution in [2.24, 2.45) is 0 Å². The number of benzene rings is 1. The first-order valence-corrected chi connectivity index (χ1v) is 6.46. The molecule has 3 rings (SSSR count). The highest BCUT2D eigenvalue weighted by molar-refractivity contribution is 7.21. The van der Waals surface area contributed by atoms with Crippen LogP contribution in [0, 0.1) is 6.92 Å². The number of nitrogens with zero attached hydrogens (tertiary/aromatic N) is 2. The molecule has 4 heteroatoms. The summed E-state index contributed by atoms with van der Waals surface area (Å²) in [5.41, 5.74) is 3.07. The highest BCUT2D eigenvalue weighted by Gasteiger charge is 2.10. The van der Waals surface area contributed by atoms with Crippen LogP contribution in [-0.2, 0) is 0 Å². The van der Waals surface area contributed by atoms with Gasteiger partial charge in [0.15, 0.2) is 0 Å². The van der Waals surface area contributed by atoms with Crippen molar-refractivity contribution in [2.45, 2.75) is 6.92 Å². The van der Waals surface area contributed by atoms with Gasteiger partial charge in [0.1, 0.15) is 10.8 Å². The second-order valence-electron chi connectivity index (χ2n) is 4.03. The van der Waals surface area contributed by atoms with Gasteiger partial charge in [0.25, 0.3) is 0 Å². The van der Waals surface area contributed by atoms with Crippen molar-refractivity contribution < 1.29 is 4.74 Å². The largest absolute Gasteiger partial charge is 0.497 e. The van der Waals surface area contributed by atoms with Crippen molar-refractivity contribution >= 4 is 21.6 Å². The van der Waals surface area contributed by atoms with Gasteiger partial charge in [0, 0.05) is 6.20 Å². The quantitative estimate of drug-likeness (QED) is 0.701. The molecule has 0 saturated carbocycles. The average Bonchev–Trinajstić information content (AvgIpc) is 2.84. The highest BCUT2D eigenvalue weighted by atomic mass is 32.1. The molecule has 0 fully saturated rings. The first kappa shape index (κ1) is 11.2. The third-order valence-electron chi connectivity index (χ3n) is 2.78. The van der Waals surface area contributed by atoms with Crippen LogP contribution >= 0.6 is 11.3 Å². The number of aryl methyl sites for hydroxylation is 1. The van der Waals surface area contributed by atoms with E-state index in [9.17, 15) is 0 Å². The van der Waals surface area contributed by atoms with Gasteiger partial charge in [0.2, 0.25) is 0 Å². The van der Waals surface area contributed by atoms with Gasteiger partial charge < -0.3 is 4.74 Å². The molecule has 0 saturated heterocycles. The summed E-state index contributed by atoms with van der Waals surface area (Å²) in [6, 6.07) is 9.88. The molecular formula is C14H12N2OS. The molecule has 0 unspecified atom stereocenters. The van der Waals surface area contributed by atoms with E-state index in [2.05, 4.69) is 9.97 Å². The predicted molar refractivity (Wildman–Crippen MR) is 74.1 cm³/mol. The molecule has 2 aromatic heterocycles. The molecule has 0 atom stereocenters. The highest BCUT2D eigenvalue weighted by Crippen LogP contribution is 2.33. The van der Waals surface area contributed by atoms with E-state index in [4.69, 9.17) is 4.74 Å². The topological polar surface area (TPSA) is 35.0 Å². The number of methoxy groups -OCH3 is 1. The van der Waals surface area contributed by atoms with Gasteiger partial charge in [-0.05, 0) is 36.8 Å². The molecule has 0 spiro atoms. The lowest BCUT2D eigenvalue weighted by Crippen LogP contribution is -1.84. The van der Waals surface area contributed by atoms with E-state index < -0.39 is 0 Å². The molecular weight excluding hydrogens is 244 g/mol. The maximum atomic E-state index is 5.28. The van der Waals surface area contributed by atoms with E-state index in [0.717, 1.165) is 32.2 Å². The average molecular weight is 256 g/mol. The van der Waals surface area contributed by atoms with Crippen molar-refractivity contribution in [2.75, 3.05) is 7.11 Å². The molecule has 2 heterocycles. The molecule has 0 amide bonds. The van der Waals surface area contributed by atoms with E-state index in [1.54, 1.807) is 24.6 Å². The van der Waals surface area contributed by atoms with Gasteiger partial charge in [-0.25, -0.2) is 4.98 Å². The lowest BCUT2D eigenvalue weighted by atomic mass is 10.2. The van der Waals surface area contributed by atoms with Crippen LogP contribution in [0.2, 0.25) is 0 Å². The Morgan fingerprint density at radius 2 is 2.11 bits per heavy atom. The molecule has 1 aromatic carbocycles. The van der Waals surface area contributed by atoms with E-state index in [1.807, 2.05) is 37.3 Å². The molecule has 18 heavy (non-hydrogen) atoms.